The number of para-hydroxylation sites is 1. The number of carbonyl (C=O) groups is 1. The van der Waals surface area contributed by atoms with E-state index in [1.807, 2.05) is 29.2 Å². The van der Waals surface area contributed by atoms with Crippen molar-refractivity contribution in [2.75, 3.05) is 18.8 Å². The number of hydrogen-bond donors (Lipinski definition) is 1. The number of fused-ring (bicyclic) bond motifs is 1. The first-order chi connectivity index (χ1) is 11.8. The van der Waals surface area contributed by atoms with Crippen molar-refractivity contribution < 1.29 is 9.53 Å². The zero-order valence-electron chi connectivity index (χ0n) is 13.4. The zero-order valence-corrected chi connectivity index (χ0v) is 14.2. The highest BCUT2D eigenvalue weighted by Gasteiger charge is 2.32. The lowest BCUT2D eigenvalue weighted by atomic mass is 9.92. The molecule has 0 bridgehead atoms. The molecular formula is C17H20N4O2S. The first kappa shape index (κ1) is 15.5. The lowest BCUT2D eigenvalue weighted by Crippen LogP contribution is -2.47. The lowest BCUT2D eigenvalue weighted by Gasteiger charge is -2.35. The molecule has 1 fully saturated rings. The third-order valence-corrected chi connectivity index (χ3v) is 5.79. The predicted molar refractivity (Wildman–Crippen MR) is 91.0 cm³/mol. The number of carbonyl (C=O) groups excluding carboxylic acids is 1. The van der Waals surface area contributed by atoms with Crippen molar-refractivity contribution in [3.8, 4) is 5.75 Å². The number of rotatable bonds is 3. The van der Waals surface area contributed by atoms with Crippen LogP contribution in [0.1, 0.15) is 18.5 Å². The highest BCUT2D eigenvalue weighted by molar-refractivity contribution is 7.99. The van der Waals surface area contributed by atoms with Crippen LogP contribution in [0.2, 0.25) is 0 Å². The molecule has 1 N–H and O–H groups in total. The van der Waals surface area contributed by atoms with Crippen LogP contribution in [0.5, 0.6) is 5.75 Å². The van der Waals surface area contributed by atoms with Gasteiger partial charge in [-0.05, 0) is 37.3 Å². The van der Waals surface area contributed by atoms with Gasteiger partial charge in [-0.15, -0.1) is 11.8 Å². The van der Waals surface area contributed by atoms with Crippen molar-refractivity contribution in [1.29, 1.82) is 0 Å². The van der Waals surface area contributed by atoms with E-state index in [1.165, 1.54) is 0 Å². The molecule has 24 heavy (non-hydrogen) atoms. The molecule has 1 atom stereocenters. The molecule has 0 spiro atoms. The van der Waals surface area contributed by atoms with E-state index in [9.17, 15) is 4.79 Å². The van der Waals surface area contributed by atoms with Gasteiger partial charge in [0.1, 0.15) is 5.75 Å². The van der Waals surface area contributed by atoms with Crippen LogP contribution in [0.15, 0.2) is 35.4 Å². The quantitative estimate of drug-likeness (QED) is 0.924. The number of thioether (sulfide) groups is 1. The number of likely N-dealkylation sites (tertiary alicyclic amines) is 1. The summed E-state index contributed by atoms with van der Waals surface area (Å²) in [6, 6.07) is 7.92. The maximum atomic E-state index is 12.7. The van der Waals surface area contributed by atoms with E-state index in [0.717, 1.165) is 48.7 Å². The van der Waals surface area contributed by atoms with E-state index >= 15 is 0 Å². The Bertz CT molecular complexity index is 698. The van der Waals surface area contributed by atoms with Crippen LogP contribution in [-0.2, 0) is 11.2 Å². The molecule has 3 heterocycles. The fourth-order valence-corrected chi connectivity index (χ4v) is 4.30. The summed E-state index contributed by atoms with van der Waals surface area (Å²) >= 11 is 1.70. The summed E-state index contributed by atoms with van der Waals surface area (Å²) in [5.74, 6) is 2.21. The molecule has 0 aliphatic carbocycles. The predicted octanol–water partition coefficient (Wildman–Crippen LogP) is 2.14. The highest BCUT2D eigenvalue weighted by Crippen LogP contribution is 2.35. The molecular weight excluding hydrogens is 324 g/mol. The summed E-state index contributed by atoms with van der Waals surface area (Å²) in [4.78, 5) is 15.8. The molecule has 0 saturated carbocycles. The summed E-state index contributed by atoms with van der Waals surface area (Å²) in [5, 5.41) is 10.6. The summed E-state index contributed by atoms with van der Waals surface area (Å²) in [5.41, 5.74) is 1.00. The molecule has 2 aliphatic heterocycles. The lowest BCUT2D eigenvalue weighted by molar-refractivity contribution is -0.139. The van der Waals surface area contributed by atoms with Crippen LogP contribution in [0.25, 0.3) is 0 Å². The molecule has 1 aromatic carbocycles. The Hall–Kier alpha value is -2.02. The number of aromatic nitrogens is 3. The molecule has 1 amide bonds. The maximum absolute atomic E-state index is 12.7. The van der Waals surface area contributed by atoms with Crippen molar-refractivity contribution in [1.82, 2.24) is 20.3 Å². The van der Waals surface area contributed by atoms with Gasteiger partial charge in [-0.3, -0.25) is 4.79 Å². The van der Waals surface area contributed by atoms with E-state index in [1.54, 1.807) is 18.0 Å². The molecule has 1 unspecified atom stereocenters. The minimum absolute atomic E-state index is 0.122. The topological polar surface area (TPSA) is 71.1 Å². The van der Waals surface area contributed by atoms with Crippen molar-refractivity contribution in [3.05, 3.63) is 36.2 Å². The minimum Gasteiger partial charge on any atom is -0.479 e. The molecule has 2 aliphatic rings. The largest absolute Gasteiger partial charge is 0.479 e. The highest BCUT2D eigenvalue weighted by atomic mass is 32.2. The van der Waals surface area contributed by atoms with Gasteiger partial charge in [0.15, 0.2) is 6.10 Å². The Morgan fingerprint density at radius 1 is 1.33 bits per heavy atom. The van der Waals surface area contributed by atoms with Crippen LogP contribution >= 0.6 is 11.8 Å². The second-order valence-electron chi connectivity index (χ2n) is 6.30. The Kier molecular flexibility index (Phi) is 4.42. The summed E-state index contributed by atoms with van der Waals surface area (Å²) in [7, 11) is 0. The number of piperidine rings is 1. The second kappa shape index (κ2) is 6.84. The SMILES string of the molecule is O=C(C1CSc2ccccc2O1)N1CCC(Cc2cn[nH]n2)CC1. The fraction of sp³-hybridized carbons (Fsp3) is 0.471. The van der Waals surface area contributed by atoms with Gasteiger partial charge in [0, 0.05) is 23.7 Å². The summed E-state index contributed by atoms with van der Waals surface area (Å²) in [6.45, 7) is 1.60. The Morgan fingerprint density at radius 2 is 2.17 bits per heavy atom. The fourth-order valence-electron chi connectivity index (χ4n) is 3.32. The number of nitrogens with one attached hydrogen (secondary N) is 1. The Morgan fingerprint density at radius 3 is 2.96 bits per heavy atom. The average Bonchev–Trinajstić information content (AvgIpc) is 3.14. The smallest absolute Gasteiger partial charge is 0.264 e. The number of nitrogens with zero attached hydrogens (tertiary/aromatic N) is 3. The number of hydrogen-bond acceptors (Lipinski definition) is 5. The van der Waals surface area contributed by atoms with Gasteiger partial charge >= 0.3 is 0 Å². The molecule has 7 heteroatoms. The number of H-pyrrole nitrogens is 1. The molecule has 4 rings (SSSR count). The van der Waals surface area contributed by atoms with Gasteiger partial charge < -0.3 is 9.64 Å². The van der Waals surface area contributed by atoms with Gasteiger partial charge in [0.2, 0.25) is 0 Å². The maximum Gasteiger partial charge on any atom is 0.264 e. The number of ether oxygens (including phenoxy) is 1. The third kappa shape index (κ3) is 3.26. The molecule has 1 aromatic heterocycles. The normalized spacial score (nSPS) is 21.2. The second-order valence-corrected chi connectivity index (χ2v) is 7.36. The standard InChI is InChI=1S/C17H20N4O2S/c22-17(15-11-24-16-4-2-1-3-14(16)23-15)21-7-5-12(6-8-21)9-13-10-18-20-19-13/h1-4,10,12,15H,5-9,11H2,(H,18,19,20). The van der Waals surface area contributed by atoms with E-state index < -0.39 is 0 Å². The molecule has 0 radical (unpaired) electrons. The van der Waals surface area contributed by atoms with Gasteiger partial charge in [-0.1, -0.05) is 12.1 Å². The van der Waals surface area contributed by atoms with Crippen molar-refractivity contribution in [2.24, 2.45) is 5.92 Å². The molecule has 6 nitrogen and oxygen atoms in total. The third-order valence-electron chi connectivity index (χ3n) is 4.67. The van der Waals surface area contributed by atoms with Crippen LogP contribution in [0, 0.1) is 5.92 Å². The minimum atomic E-state index is -0.364. The van der Waals surface area contributed by atoms with E-state index in [-0.39, 0.29) is 12.0 Å². The first-order valence-electron chi connectivity index (χ1n) is 8.31. The number of amides is 1. The van der Waals surface area contributed by atoms with E-state index in [4.69, 9.17) is 4.74 Å². The molecule has 126 valence electrons. The van der Waals surface area contributed by atoms with Crippen LogP contribution in [-0.4, -0.2) is 51.2 Å². The Balaban J connectivity index is 1.32. The monoisotopic (exact) mass is 344 g/mol. The van der Waals surface area contributed by atoms with Crippen molar-refractivity contribution >= 4 is 17.7 Å². The van der Waals surface area contributed by atoms with E-state index in [2.05, 4.69) is 15.4 Å². The van der Waals surface area contributed by atoms with Gasteiger partial charge in [0.05, 0.1) is 11.9 Å². The van der Waals surface area contributed by atoms with Gasteiger partial charge in [0.25, 0.3) is 5.91 Å². The van der Waals surface area contributed by atoms with Crippen LogP contribution in [0.3, 0.4) is 0 Å². The van der Waals surface area contributed by atoms with Crippen molar-refractivity contribution in [3.63, 3.8) is 0 Å². The summed E-state index contributed by atoms with van der Waals surface area (Å²) in [6.07, 6.45) is 4.37. The van der Waals surface area contributed by atoms with Crippen molar-refractivity contribution in [2.45, 2.75) is 30.3 Å². The van der Waals surface area contributed by atoms with Crippen LogP contribution in [0.4, 0.5) is 0 Å². The van der Waals surface area contributed by atoms with Gasteiger partial charge in [-0.25, -0.2) is 0 Å². The average molecular weight is 344 g/mol. The molecule has 1 saturated heterocycles. The van der Waals surface area contributed by atoms with Gasteiger partial charge in [-0.2, -0.15) is 15.4 Å². The Labute approximate surface area is 145 Å². The first-order valence-corrected chi connectivity index (χ1v) is 9.30. The van der Waals surface area contributed by atoms with Crippen LogP contribution < -0.4 is 4.74 Å². The summed E-state index contributed by atoms with van der Waals surface area (Å²) < 4.78 is 5.92. The number of aromatic amines is 1. The number of benzene rings is 1. The molecule has 2 aromatic rings. The van der Waals surface area contributed by atoms with E-state index in [0.29, 0.717) is 11.7 Å². The zero-order chi connectivity index (χ0) is 16.4.